The predicted octanol–water partition coefficient (Wildman–Crippen LogP) is 2.04. The first-order valence-electron chi connectivity index (χ1n) is 4.67. The Morgan fingerprint density at radius 1 is 1.65 bits per heavy atom. The molecule has 0 saturated carbocycles. The number of thiazole rings is 1. The molecule has 0 radical (unpaired) electrons. The van der Waals surface area contributed by atoms with E-state index < -0.39 is 0 Å². The van der Waals surface area contributed by atoms with Crippen molar-refractivity contribution in [3.8, 4) is 6.19 Å². The maximum Gasteiger partial charge on any atom is 0.207 e. The number of hydrogen-bond donors (Lipinski definition) is 2. The molecule has 2 rings (SSSR count). The number of fused-ring (bicyclic) bond motifs is 1. The molecule has 3 N–H and O–H groups in total. The summed E-state index contributed by atoms with van der Waals surface area (Å²) in [4.78, 5) is 8.49. The summed E-state index contributed by atoms with van der Waals surface area (Å²) < 4.78 is 2.07. The Morgan fingerprint density at radius 2 is 2.47 bits per heavy atom. The van der Waals surface area contributed by atoms with Crippen molar-refractivity contribution in [2.24, 2.45) is 10.7 Å². The normalized spacial score (nSPS) is 11.4. The van der Waals surface area contributed by atoms with Crippen molar-refractivity contribution in [1.29, 1.82) is 5.26 Å². The molecule has 86 valence electrons. The van der Waals surface area contributed by atoms with Crippen LogP contribution in [0.25, 0.3) is 10.2 Å². The number of rotatable bonds is 2. The molecule has 0 spiro atoms. The van der Waals surface area contributed by atoms with Crippen molar-refractivity contribution in [1.82, 2.24) is 10.3 Å². The van der Waals surface area contributed by atoms with Crippen LogP contribution >= 0.6 is 23.1 Å². The van der Waals surface area contributed by atoms with E-state index in [0.29, 0.717) is 5.69 Å². The molecule has 0 aliphatic heterocycles. The van der Waals surface area contributed by atoms with Crippen LogP contribution in [0.2, 0.25) is 0 Å². The Balaban J connectivity index is 2.38. The van der Waals surface area contributed by atoms with E-state index in [1.54, 1.807) is 29.3 Å². The molecule has 2 aromatic rings. The van der Waals surface area contributed by atoms with E-state index in [1.807, 2.05) is 24.5 Å². The Morgan fingerprint density at radius 3 is 3.18 bits per heavy atom. The van der Waals surface area contributed by atoms with Crippen LogP contribution in [0.4, 0.5) is 5.69 Å². The first-order valence-corrected chi connectivity index (χ1v) is 6.71. The minimum absolute atomic E-state index is 0.0847. The van der Waals surface area contributed by atoms with Crippen LogP contribution in [0.5, 0.6) is 0 Å². The Kier molecular flexibility index (Phi) is 3.46. The number of nitriles is 1. The van der Waals surface area contributed by atoms with Gasteiger partial charge in [-0.25, -0.2) is 9.98 Å². The highest BCUT2D eigenvalue weighted by Gasteiger charge is 2.03. The van der Waals surface area contributed by atoms with Gasteiger partial charge in [-0.05, 0) is 24.5 Å². The van der Waals surface area contributed by atoms with Crippen LogP contribution in [0.3, 0.4) is 0 Å². The van der Waals surface area contributed by atoms with E-state index in [9.17, 15) is 0 Å². The number of benzene rings is 1. The van der Waals surface area contributed by atoms with Gasteiger partial charge in [-0.3, -0.25) is 5.32 Å². The Bertz CT molecular complexity index is 611. The number of aliphatic imine (C=N–C) groups is 1. The molecule has 1 aromatic carbocycles. The maximum atomic E-state index is 8.39. The highest BCUT2D eigenvalue weighted by atomic mass is 32.2. The summed E-state index contributed by atoms with van der Waals surface area (Å²) in [7, 11) is 0. The summed E-state index contributed by atoms with van der Waals surface area (Å²) in [6.07, 6.45) is 3.71. The summed E-state index contributed by atoms with van der Waals surface area (Å²) >= 11 is 3.22. The maximum absolute atomic E-state index is 8.39. The lowest BCUT2D eigenvalue weighted by Gasteiger charge is -1.96. The number of aromatic nitrogens is 1. The molecule has 5 nitrogen and oxygen atoms in total. The van der Waals surface area contributed by atoms with E-state index in [1.165, 1.54) is 0 Å². The number of nitrogens with zero attached hydrogens (tertiary/aromatic N) is 3. The third-order valence-electron chi connectivity index (χ3n) is 1.96. The zero-order valence-electron chi connectivity index (χ0n) is 8.97. The first kappa shape index (κ1) is 11.7. The van der Waals surface area contributed by atoms with E-state index in [4.69, 9.17) is 11.0 Å². The van der Waals surface area contributed by atoms with Crippen LogP contribution in [0.1, 0.15) is 0 Å². The standard InChI is InChI=1S/C10H9N5S2/c1-16-10-15-7-3-2-6(4-8(7)17-10)14-9(12)13-5-11/h2-4H,1H3,(H3,12,13,14). The van der Waals surface area contributed by atoms with E-state index in [0.717, 1.165) is 14.6 Å². The molecule has 0 amide bonds. The van der Waals surface area contributed by atoms with Gasteiger partial charge in [-0.1, -0.05) is 11.8 Å². The fraction of sp³-hybridized carbons (Fsp3) is 0.100. The minimum Gasteiger partial charge on any atom is -0.369 e. The predicted molar refractivity (Wildman–Crippen MR) is 71.4 cm³/mol. The van der Waals surface area contributed by atoms with E-state index in [2.05, 4.69) is 15.3 Å². The van der Waals surface area contributed by atoms with Crippen molar-refractivity contribution >= 4 is 45.0 Å². The van der Waals surface area contributed by atoms with Gasteiger partial charge in [-0.2, -0.15) is 5.26 Å². The van der Waals surface area contributed by atoms with Crippen LogP contribution in [-0.2, 0) is 0 Å². The summed E-state index contributed by atoms with van der Waals surface area (Å²) in [5.41, 5.74) is 7.14. The molecular formula is C10H9N5S2. The fourth-order valence-electron chi connectivity index (χ4n) is 1.27. The first-order chi connectivity index (χ1) is 8.22. The van der Waals surface area contributed by atoms with Gasteiger partial charge in [0.15, 0.2) is 10.5 Å². The van der Waals surface area contributed by atoms with Gasteiger partial charge in [0.1, 0.15) is 0 Å². The van der Waals surface area contributed by atoms with Gasteiger partial charge < -0.3 is 5.73 Å². The summed E-state index contributed by atoms with van der Waals surface area (Å²) in [5, 5.41) is 10.7. The quantitative estimate of drug-likeness (QED) is 0.284. The average molecular weight is 263 g/mol. The van der Waals surface area contributed by atoms with Gasteiger partial charge in [0, 0.05) is 0 Å². The van der Waals surface area contributed by atoms with E-state index >= 15 is 0 Å². The van der Waals surface area contributed by atoms with Crippen molar-refractivity contribution in [3.63, 3.8) is 0 Å². The van der Waals surface area contributed by atoms with Gasteiger partial charge in [0.05, 0.1) is 15.9 Å². The third-order valence-corrected chi connectivity index (χ3v) is 3.96. The topological polar surface area (TPSA) is 87.1 Å². The second-order valence-electron chi connectivity index (χ2n) is 3.07. The second kappa shape index (κ2) is 5.03. The van der Waals surface area contributed by atoms with Crippen LogP contribution in [0.15, 0.2) is 27.5 Å². The van der Waals surface area contributed by atoms with E-state index in [-0.39, 0.29) is 5.96 Å². The highest BCUT2D eigenvalue weighted by Crippen LogP contribution is 2.30. The van der Waals surface area contributed by atoms with Gasteiger partial charge in [0.2, 0.25) is 5.96 Å². The lowest BCUT2D eigenvalue weighted by Crippen LogP contribution is -2.26. The average Bonchev–Trinajstić information content (AvgIpc) is 2.71. The van der Waals surface area contributed by atoms with Crippen molar-refractivity contribution in [2.45, 2.75) is 4.34 Å². The van der Waals surface area contributed by atoms with Crippen LogP contribution < -0.4 is 11.1 Å². The molecule has 0 unspecified atom stereocenters. The Hall–Kier alpha value is -1.78. The van der Waals surface area contributed by atoms with Crippen molar-refractivity contribution < 1.29 is 0 Å². The largest absolute Gasteiger partial charge is 0.369 e. The Labute approximate surface area is 106 Å². The number of guanidine groups is 1. The molecule has 17 heavy (non-hydrogen) atoms. The number of nitrogens with one attached hydrogen (secondary N) is 1. The van der Waals surface area contributed by atoms with Crippen molar-refractivity contribution in [2.75, 3.05) is 6.26 Å². The summed E-state index contributed by atoms with van der Waals surface area (Å²) in [6.45, 7) is 0. The molecule has 0 atom stereocenters. The number of nitrogens with two attached hydrogens (primary N) is 1. The molecule has 0 aliphatic carbocycles. The van der Waals surface area contributed by atoms with Gasteiger partial charge >= 0.3 is 0 Å². The minimum atomic E-state index is 0.0847. The molecular weight excluding hydrogens is 254 g/mol. The lowest BCUT2D eigenvalue weighted by molar-refractivity contribution is 1.22. The zero-order chi connectivity index (χ0) is 12.3. The fourth-order valence-corrected chi connectivity index (χ4v) is 2.80. The molecule has 1 aromatic heterocycles. The molecule has 0 bridgehead atoms. The summed E-state index contributed by atoms with van der Waals surface area (Å²) in [5.74, 6) is 0.0847. The van der Waals surface area contributed by atoms with Crippen LogP contribution in [-0.4, -0.2) is 17.2 Å². The SMILES string of the molecule is CSc1nc2ccc(N=C(N)NC#N)cc2s1. The smallest absolute Gasteiger partial charge is 0.207 e. The molecule has 0 fully saturated rings. The van der Waals surface area contributed by atoms with Crippen molar-refractivity contribution in [3.05, 3.63) is 18.2 Å². The molecule has 0 saturated heterocycles. The highest BCUT2D eigenvalue weighted by molar-refractivity contribution is 8.00. The molecule has 7 heteroatoms. The third kappa shape index (κ3) is 2.67. The lowest BCUT2D eigenvalue weighted by atomic mass is 10.3. The molecule has 0 aliphatic rings. The molecule has 1 heterocycles. The van der Waals surface area contributed by atoms with Crippen LogP contribution in [0, 0.1) is 11.5 Å². The summed E-state index contributed by atoms with van der Waals surface area (Å²) in [6, 6.07) is 5.61. The zero-order valence-corrected chi connectivity index (χ0v) is 10.6. The monoisotopic (exact) mass is 263 g/mol. The number of hydrogen-bond acceptors (Lipinski definition) is 5. The van der Waals surface area contributed by atoms with Gasteiger partial charge in [0.25, 0.3) is 0 Å². The number of thioether (sulfide) groups is 1. The second-order valence-corrected chi connectivity index (χ2v) is 5.15. The van der Waals surface area contributed by atoms with Gasteiger partial charge in [-0.15, -0.1) is 11.3 Å².